The number of rotatable bonds is 1. The third-order valence-electron chi connectivity index (χ3n) is 5.33. The summed E-state index contributed by atoms with van der Waals surface area (Å²) in [6.45, 7) is 2.61. The van der Waals surface area contributed by atoms with Gasteiger partial charge in [-0.15, -0.1) is 0 Å². The van der Waals surface area contributed by atoms with E-state index in [0.29, 0.717) is 10.9 Å². The zero-order valence-electron chi connectivity index (χ0n) is 13.3. The van der Waals surface area contributed by atoms with E-state index in [1.54, 1.807) is 0 Å². The summed E-state index contributed by atoms with van der Waals surface area (Å²) in [5.74, 6) is 0.313. The molecule has 2 fully saturated rings. The van der Waals surface area contributed by atoms with Crippen LogP contribution in [0, 0.1) is 5.41 Å². The van der Waals surface area contributed by atoms with Crippen molar-refractivity contribution < 1.29 is 4.79 Å². The molecule has 120 valence electrons. The monoisotopic (exact) mass is 329 g/mol. The largest absolute Gasteiger partial charge is 0.370 e. The van der Waals surface area contributed by atoms with Gasteiger partial charge >= 0.3 is 0 Å². The van der Waals surface area contributed by atoms with E-state index in [0.717, 1.165) is 55.5 Å². The summed E-state index contributed by atoms with van der Waals surface area (Å²) in [5, 5.41) is 1.80. The fraction of sp³-hybridized carbons (Fsp3) is 0.444. The highest BCUT2D eigenvalue weighted by Crippen LogP contribution is 2.42. The SMILES string of the molecule is CN1CCC[C@@]2(CCN(c3ccnc4cc(Cl)ccc34)C2)C1=O. The Morgan fingerprint density at radius 1 is 1.22 bits per heavy atom. The summed E-state index contributed by atoms with van der Waals surface area (Å²) >= 11 is 6.08. The Kier molecular flexibility index (Phi) is 3.45. The molecule has 23 heavy (non-hydrogen) atoms. The number of carbonyl (C=O) groups is 1. The molecule has 0 unspecified atom stereocenters. The highest BCUT2D eigenvalue weighted by atomic mass is 35.5. The van der Waals surface area contributed by atoms with Crippen LogP contribution in [0.2, 0.25) is 5.02 Å². The number of hydrogen-bond acceptors (Lipinski definition) is 3. The molecule has 1 atom stereocenters. The molecule has 1 spiro atoms. The van der Waals surface area contributed by atoms with Gasteiger partial charge in [-0.1, -0.05) is 11.6 Å². The molecule has 0 N–H and O–H groups in total. The quantitative estimate of drug-likeness (QED) is 0.805. The number of amides is 1. The zero-order valence-corrected chi connectivity index (χ0v) is 14.0. The minimum atomic E-state index is -0.199. The maximum absolute atomic E-state index is 12.7. The first kappa shape index (κ1) is 14.8. The van der Waals surface area contributed by atoms with Gasteiger partial charge < -0.3 is 9.80 Å². The minimum Gasteiger partial charge on any atom is -0.370 e. The van der Waals surface area contributed by atoms with Crippen LogP contribution in [0.5, 0.6) is 0 Å². The second-order valence-corrected chi connectivity index (χ2v) is 7.21. The number of pyridine rings is 1. The van der Waals surface area contributed by atoms with Crippen LogP contribution in [0.15, 0.2) is 30.5 Å². The van der Waals surface area contributed by atoms with Crippen molar-refractivity contribution in [3.8, 4) is 0 Å². The average Bonchev–Trinajstić information content (AvgIpc) is 2.97. The molecule has 4 rings (SSSR count). The standard InChI is InChI=1S/C18H20ClN3O/c1-21-9-2-6-18(17(21)23)7-10-22(12-18)16-5-8-20-15-11-13(19)3-4-14(15)16/h3-5,8,11H,2,6-7,9-10,12H2,1H3/t18-/m0/s1. The number of carbonyl (C=O) groups excluding carboxylic acids is 1. The first-order valence-electron chi connectivity index (χ1n) is 8.14. The van der Waals surface area contributed by atoms with Crippen LogP contribution in [0.3, 0.4) is 0 Å². The number of piperidine rings is 1. The van der Waals surface area contributed by atoms with Crippen LogP contribution in [-0.2, 0) is 4.79 Å². The Morgan fingerprint density at radius 3 is 2.96 bits per heavy atom. The van der Waals surface area contributed by atoms with Crippen LogP contribution < -0.4 is 4.90 Å². The van der Waals surface area contributed by atoms with Gasteiger partial charge in [0.05, 0.1) is 10.9 Å². The topological polar surface area (TPSA) is 36.4 Å². The van der Waals surface area contributed by atoms with Gasteiger partial charge in [-0.25, -0.2) is 0 Å². The molecule has 5 heteroatoms. The predicted molar refractivity (Wildman–Crippen MR) is 92.9 cm³/mol. The summed E-state index contributed by atoms with van der Waals surface area (Å²) < 4.78 is 0. The van der Waals surface area contributed by atoms with Gasteiger partial charge in [0.1, 0.15) is 0 Å². The summed E-state index contributed by atoms with van der Waals surface area (Å²) in [6.07, 6.45) is 4.87. The average molecular weight is 330 g/mol. The van der Waals surface area contributed by atoms with Gasteiger partial charge in [0.2, 0.25) is 5.91 Å². The normalized spacial score (nSPS) is 24.9. The van der Waals surface area contributed by atoms with Gasteiger partial charge in [0.15, 0.2) is 0 Å². The van der Waals surface area contributed by atoms with Crippen molar-refractivity contribution in [2.75, 3.05) is 31.6 Å². The van der Waals surface area contributed by atoms with Gasteiger partial charge in [-0.3, -0.25) is 9.78 Å². The molecule has 1 aromatic heterocycles. The van der Waals surface area contributed by atoms with E-state index >= 15 is 0 Å². The van der Waals surface area contributed by atoms with Crippen molar-refractivity contribution in [1.82, 2.24) is 9.88 Å². The highest BCUT2D eigenvalue weighted by molar-refractivity contribution is 6.31. The molecule has 0 aliphatic carbocycles. The molecular formula is C18H20ClN3O. The van der Waals surface area contributed by atoms with Crippen molar-refractivity contribution in [3.63, 3.8) is 0 Å². The summed E-state index contributed by atoms with van der Waals surface area (Å²) in [5.41, 5.74) is 1.86. The van der Waals surface area contributed by atoms with Crippen molar-refractivity contribution in [2.45, 2.75) is 19.3 Å². The van der Waals surface area contributed by atoms with Gasteiger partial charge in [-0.2, -0.15) is 0 Å². The number of aromatic nitrogens is 1. The Bertz CT molecular complexity index is 778. The van der Waals surface area contributed by atoms with Gasteiger partial charge in [-0.05, 0) is 43.5 Å². The molecule has 1 aromatic carbocycles. The Balaban J connectivity index is 1.69. The predicted octanol–water partition coefficient (Wildman–Crippen LogP) is 3.34. The van der Waals surface area contributed by atoms with Crippen molar-refractivity contribution in [1.29, 1.82) is 0 Å². The Labute approximate surface area is 141 Å². The lowest BCUT2D eigenvalue weighted by Crippen LogP contribution is -2.48. The molecule has 0 bridgehead atoms. The third kappa shape index (κ3) is 2.36. The van der Waals surface area contributed by atoms with E-state index in [2.05, 4.69) is 9.88 Å². The van der Waals surface area contributed by atoms with E-state index in [9.17, 15) is 4.79 Å². The fourth-order valence-corrected chi connectivity index (χ4v) is 4.27. The van der Waals surface area contributed by atoms with E-state index in [4.69, 9.17) is 11.6 Å². The number of benzene rings is 1. The molecule has 0 radical (unpaired) electrons. The number of fused-ring (bicyclic) bond motifs is 1. The molecule has 2 aliphatic heterocycles. The summed E-state index contributed by atoms with van der Waals surface area (Å²) in [4.78, 5) is 21.4. The maximum atomic E-state index is 12.7. The number of anilines is 1. The van der Waals surface area contributed by atoms with Gasteiger partial charge in [0.25, 0.3) is 0 Å². The number of halogens is 1. The second kappa shape index (κ2) is 5.38. The lowest BCUT2D eigenvalue weighted by atomic mass is 9.78. The highest BCUT2D eigenvalue weighted by Gasteiger charge is 2.47. The molecule has 2 aliphatic rings. The van der Waals surface area contributed by atoms with Crippen LogP contribution in [0.4, 0.5) is 5.69 Å². The second-order valence-electron chi connectivity index (χ2n) is 6.77. The summed E-state index contributed by atoms with van der Waals surface area (Å²) in [6, 6.07) is 7.87. The fourth-order valence-electron chi connectivity index (χ4n) is 4.11. The first-order chi connectivity index (χ1) is 11.1. The third-order valence-corrected chi connectivity index (χ3v) is 5.56. The van der Waals surface area contributed by atoms with E-state index in [1.807, 2.05) is 42.4 Å². The van der Waals surface area contributed by atoms with Crippen LogP contribution in [0.1, 0.15) is 19.3 Å². The maximum Gasteiger partial charge on any atom is 0.230 e. The van der Waals surface area contributed by atoms with Crippen LogP contribution >= 0.6 is 11.6 Å². The number of nitrogens with zero attached hydrogens (tertiary/aromatic N) is 3. The van der Waals surface area contributed by atoms with E-state index in [-0.39, 0.29) is 5.41 Å². The zero-order chi connectivity index (χ0) is 16.0. The van der Waals surface area contributed by atoms with Crippen molar-refractivity contribution in [2.24, 2.45) is 5.41 Å². The molecule has 2 saturated heterocycles. The minimum absolute atomic E-state index is 0.199. The molecule has 4 nitrogen and oxygen atoms in total. The lowest BCUT2D eigenvalue weighted by Gasteiger charge is -2.37. The molecule has 3 heterocycles. The van der Waals surface area contributed by atoms with Crippen LogP contribution in [-0.4, -0.2) is 42.5 Å². The van der Waals surface area contributed by atoms with E-state index in [1.165, 1.54) is 0 Å². The molecular weight excluding hydrogens is 310 g/mol. The Hall–Kier alpha value is -1.81. The van der Waals surface area contributed by atoms with Gasteiger partial charge in [0, 0.05) is 49.0 Å². The number of hydrogen-bond donors (Lipinski definition) is 0. The number of likely N-dealkylation sites (tertiary alicyclic amines) is 1. The first-order valence-corrected chi connectivity index (χ1v) is 8.52. The van der Waals surface area contributed by atoms with Crippen LogP contribution in [0.25, 0.3) is 10.9 Å². The molecule has 1 amide bonds. The molecule has 0 saturated carbocycles. The smallest absolute Gasteiger partial charge is 0.230 e. The van der Waals surface area contributed by atoms with E-state index < -0.39 is 0 Å². The Morgan fingerprint density at radius 2 is 2.09 bits per heavy atom. The lowest BCUT2D eigenvalue weighted by molar-refractivity contribution is -0.143. The van der Waals surface area contributed by atoms with Crippen molar-refractivity contribution in [3.05, 3.63) is 35.5 Å². The molecule has 2 aromatic rings. The van der Waals surface area contributed by atoms with Crippen molar-refractivity contribution >= 4 is 34.1 Å². The summed E-state index contributed by atoms with van der Waals surface area (Å²) in [7, 11) is 1.93.